The van der Waals surface area contributed by atoms with Crippen molar-refractivity contribution < 1.29 is 4.79 Å². The third-order valence-corrected chi connectivity index (χ3v) is 3.83. The molecule has 0 aliphatic carbocycles. The number of nitrogens with one attached hydrogen (secondary N) is 1. The Kier molecular flexibility index (Phi) is 4.56. The number of nitrogens with zero attached hydrogens (tertiary/aromatic N) is 1. The van der Waals surface area contributed by atoms with Crippen LogP contribution in [0.25, 0.3) is 0 Å². The molecule has 1 heterocycles. The molecule has 0 aliphatic heterocycles. The van der Waals surface area contributed by atoms with Crippen LogP contribution in [0.1, 0.15) is 25.9 Å². The molecule has 1 N–H and O–H groups in total. The van der Waals surface area contributed by atoms with Crippen LogP contribution in [-0.2, 0) is 6.42 Å². The van der Waals surface area contributed by atoms with Crippen LogP contribution < -0.4 is 5.32 Å². The highest BCUT2D eigenvalue weighted by atomic mass is 35.5. The second-order valence-electron chi connectivity index (χ2n) is 4.27. The Bertz CT molecular complexity index is 595. The molecule has 1 aromatic carbocycles. The van der Waals surface area contributed by atoms with E-state index in [-0.39, 0.29) is 5.91 Å². The van der Waals surface area contributed by atoms with Gasteiger partial charge in [-0.25, -0.2) is 4.98 Å². The van der Waals surface area contributed by atoms with Gasteiger partial charge < -0.3 is 5.32 Å². The fourth-order valence-electron chi connectivity index (χ4n) is 1.84. The van der Waals surface area contributed by atoms with E-state index >= 15 is 0 Å². The van der Waals surface area contributed by atoms with E-state index in [9.17, 15) is 4.79 Å². The van der Waals surface area contributed by atoms with Crippen LogP contribution >= 0.6 is 22.9 Å². The van der Waals surface area contributed by atoms with Gasteiger partial charge in [-0.3, -0.25) is 4.79 Å². The quantitative estimate of drug-likeness (QED) is 0.939. The van der Waals surface area contributed by atoms with Crippen molar-refractivity contribution in [3.8, 4) is 0 Å². The average Bonchev–Trinajstić information content (AvgIpc) is 2.68. The molecule has 0 radical (unpaired) electrons. The van der Waals surface area contributed by atoms with Gasteiger partial charge in [0.2, 0.25) is 0 Å². The zero-order valence-electron chi connectivity index (χ0n) is 10.9. The molecular formula is C14H15ClN2OS. The van der Waals surface area contributed by atoms with Crippen LogP contribution in [0, 0.1) is 13.8 Å². The molecule has 3 nitrogen and oxygen atoms in total. The molecule has 2 aromatic rings. The van der Waals surface area contributed by atoms with Crippen LogP contribution in [-0.4, -0.2) is 17.4 Å². The first kappa shape index (κ1) is 14.0. The summed E-state index contributed by atoms with van der Waals surface area (Å²) in [5.74, 6) is -0.108. The fourth-order valence-corrected chi connectivity index (χ4v) is 2.86. The molecular weight excluding hydrogens is 280 g/mol. The highest BCUT2D eigenvalue weighted by Gasteiger charge is 2.12. The Morgan fingerprint density at radius 3 is 2.84 bits per heavy atom. The molecule has 1 amide bonds. The Labute approximate surface area is 121 Å². The normalized spacial score (nSPS) is 10.5. The molecule has 100 valence electrons. The molecule has 2 rings (SSSR count). The van der Waals surface area contributed by atoms with Crippen LogP contribution in [0.15, 0.2) is 24.3 Å². The van der Waals surface area contributed by atoms with Gasteiger partial charge in [0.25, 0.3) is 5.91 Å². The summed E-state index contributed by atoms with van der Waals surface area (Å²) in [5, 5.41) is 4.51. The predicted octanol–water partition coefficient (Wildman–Crippen LogP) is 3.39. The summed E-state index contributed by atoms with van der Waals surface area (Å²) < 4.78 is 0. The lowest BCUT2D eigenvalue weighted by molar-refractivity contribution is 0.0949. The smallest absolute Gasteiger partial charge is 0.271 e. The van der Waals surface area contributed by atoms with Crippen molar-refractivity contribution in [3.63, 3.8) is 0 Å². The minimum absolute atomic E-state index is 0.108. The number of amides is 1. The van der Waals surface area contributed by atoms with Gasteiger partial charge in [-0.1, -0.05) is 23.7 Å². The molecule has 19 heavy (non-hydrogen) atoms. The Morgan fingerprint density at radius 2 is 2.21 bits per heavy atom. The van der Waals surface area contributed by atoms with Crippen LogP contribution in [0.4, 0.5) is 0 Å². The van der Waals surface area contributed by atoms with E-state index in [0.29, 0.717) is 12.2 Å². The number of hydrogen-bond donors (Lipinski definition) is 1. The number of benzene rings is 1. The van der Waals surface area contributed by atoms with Gasteiger partial charge in [-0.15, -0.1) is 11.3 Å². The van der Waals surface area contributed by atoms with E-state index in [2.05, 4.69) is 10.3 Å². The van der Waals surface area contributed by atoms with Crippen molar-refractivity contribution in [1.82, 2.24) is 10.3 Å². The molecule has 0 aliphatic rings. The Morgan fingerprint density at radius 1 is 1.42 bits per heavy atom. The molecule has 0 saturated heterocycles. The summed E-state index contributed by atoms with van der Waals surface area (Å²) in [5.41, 5.74) is 1.65. The highest BCUT2D eigenvalue weighted by molar-refractivity contribution is 7.11. The minimum Gasteiger partial charge on any atom is -0.350 e. The first-order valence-electron chi connectivity index (χ1n) is 6.03. The summed E-state index contributed by atoms with van der Waals surface area (Å²) in [4.78, 5) is 17.1. The molecule has 1 aromatic heterocycles. The largest absolute Gasteiger partial charge is 0.350 e. The van der Waals surface area contributed by atoms with Gasteiger partial charge in [-0.2, -0.15) is 0 Å². The standard InChI is InChI=1S/C14H15ClN2OS/c1-9-13(17-10(2)19-9)14(18)16-7-6-11-4-3-5-12(15)8-11/h3-5,8H,6-7H2,1-2H3,(H,16,18). The second-order valence-corrected chi connectivity index (χ2v) is 6.12. The van der Waals surface area contributed by atoms with Gasteiger partial charge >= 0.3 is 0 Å². The number of hydrogen-bond acceptors (Lipinski definition) is 3. The summed E-state index contributed by atoms with van der Waals surface area (Å²) in [7, 11) is 0. The van der Waals surface area contributed by atoms with E-state index in [0.717, 1.165) is 26.9 Å². The Hall–Kier alpha value is -1.39. The molecule has 0 saturated carbocycles. The second kappa shape index (κ2) is 6.17. The predicted molar refractivity (Wildman–Crippen MR) is 79.1 cm³/mol. The number of rotatable bonds is 4. The lowest BCUT2D eigenvalue weighted by Crippen LogP contribution is -2.26. The number of carbonyl (C=O) groups excluding carboxylic acids is 1. The number of aromatic nitrogens is 1. The lowest BCUT2D eigenvalue weighted by atomic mass is 10.1. The monoisotopic (exact) mass is 294 g/mol. The third kappa shape index (κ3) is 3.78. The molecule has 0 spiro atoms. The first-order chi connectivity index (χ1) is 9.06. The topological polar surface area (TPSA) is 42.0 Å². The number of aryl methyl sites for hydroxylation is 2. The van der Waals surface area contributed by atoms with E-state index < -0.39 is 0 Å². The van der Waals surface area contributed by atoms with Crippen molar-refractivity contribution in [2.45, 2.75) is 20.3 Å². The van der Waals surface area contributed by atoms with E-state index in [1.807, 2.05) is 38.1 Å². The van der Waals surface area contributed by atoms with Gasteiger partial charge in [-0.05, 0) is 38.0 Å². The van der Waals surface area contributed by atoms with Crippen LogP contribution in [0.2, 0.25) is 5.02 Å². The molecule has 0 atom stereocenters. The zero-order valence-corrected chi connectivity index (χ0v) is 12.4. The molecule has 5 heteroatoms. The Balaban J connectivity index is 1.89. The maximum Gasteiger partial charge on any atom is 0.271 e. The van der Waals surface area contributed by atoms with Gasteiger partial charge in [0.05, 0.1) is 5.01 Å². The van der Waals surface area contributed by atoms with Crippen molar-refractivity contribution >= 4 is 28.8 Å². The van der Waals surface area contributed by atoms with Crippen LogP contribution in [0.5, 0.6) is 0 Å². The fraction of sp³-hybridized carbons (Fsp3) is 0.286. The zero-order chi connectivity index (χ0) is 13.8. The van der Waals surface area contributed by atoms with Crippen LogP contribution in [0.3, 0.4) is 0 Å². The van der Waals surface area contributed by atoms with E-state index in [1.165, 1.54) is 11.3 Å². The van der Waals surface area contributed by atoms with Crippen molar-refractivity contribution in [2.75, 3.05) is 6.54 Å². The summed E-state index contributed by atoms with van der Waals surface area (Å²) in [6.45, 7) is 4.39. The third-order valence-electron chi connectivity index (χ3n) is 2.71. The molecule has 0 fully saturated rings. The number of halogens is 1. The first-order valence-corrected chi connectivity index (χ1v) is 7.22. The van der Waals surface area contributed by atoms with Gasteiger partial charge in [0.15, 0.2) is 0 Å². The van der Waals surface area contributed by atoms with E-state index in [4.69, 9.17) is 11.6 Å². The maximum absolute atomic E-state index is 11.9. The molecule has 0 unspecified atom stereocenters. The minimum atomic E-state index is -0.108. The SMILES string of the molecule is Cc1nc(C(=O)NCCc2cccc(Cl)c2)c(C)s1. The van der Waals surface area contributed by atoms with Crippen molar-refractivity contribution in [1.29, 1.82) is 0 Å². The number of thiazole rings is 1. The van der Waals surface area contributed by atoms with Crippen molar-refractivity contribution in [3.05, 3.63) is 50.4 Å². The van der Waals surface area contributed by atoms with Crippen molar-refractivity contribution in [2.24, 2.45) is 0 Å². The summed E-state index contributed by atoms with van der Waals surface area (Å²) in [6, 6.07) is 7.65. The highest BCUT2D eigenvalue weighted by Crippen LogP contribution is 2.16. The molecule has 0 bridgehead atoms. The van der Waals surface area contributed by atoms with Gasteiger partial charge in [0, 0.05) is 16.4 Å². The average molecular weight is 295 g/mol. The summed E-state index contributed by atoms with van der Waals surface area (Å²) in [6.07, 6.45) is 0.758. The summed E-state index contributed by atoms with van der Waals surface area (Å²) >= 11 is 7.45. The van der Waals surface area contributed by atoms with E-state index in [1.54, 1.807) is 0 Å². The number of carbonyl (C=O) groups is 1. The van der Waals surface area contributed by atoms with Gasteiger partial charge in [0.1, 0.15) is 5.69 Å². The maximum atomic E-state index is 11.9. The lowest BCUT2D eigenvalue weighted by Gasteiger charge is -2.04.